The number of benzene rings is 1. The number of phosphoric acid groups is 1. The highest BCUT2D eigenvalue weighted by molar-refractivity contribution is 7.47. The summed E-state index contributed by atoms with van der Waals surface area (Å²) >= 11 is 0. The zero-order valence-electron chi connectivity index (χ0n) is 7.62. The molecule has 0 saturated heterocycles. The van der Waals surface area contributed by atoms with Crippen molar-refractivity contribution in [3.05, 3.63) is 30.3 Å². The Morgan fingerprint density at radius 2 is 2.00 bits per heavy atom. The van der Waals surface area contributed by atoms with E-state index in [0.717, 1.165) is 0 Å². The molecule has 0 heterocycles. The van der Waals surface area contributed by atoms with Crippen LogP contribution in [0.15, 0.2) is 30.3 Å². The van der Waals surface area contributed by atoms with Crippen LogP contribution in [0.3, 0.4) is 0 Å². The molecule has 1 unspecified atom stereocenters. The van der Waals surface area contributed by atoms with E-state index in [1.165, 1.54) is 0 Å². The summed E-state index contributed by atoms with van der Waals surface area (Å²) in [5.74, 6) is 0.335. The monoisotopic (exact) mass is 218 g/mol. The second kappa shape index (κ2) is 5.12. The van der Waals surface area contributed by atoms with Gasteiger partial charge in [0, 0.05) is 0 Å². The molecule has 0 fully saturated rings. The summed E-state index contributed by atoms with van der Waals surface area (Å²) in [6, 6.07) is 8.38. The van der Waals surface area contributed by atoms with E-state index < -0.39 is 7.82 Å². The fraction of sp³-hybridized carbons (Fsp3) is 0.250. The molecule has 0 bridgehead atoms. The lowest BCUT2D eigenvalue weighted by molar-refractivity contribution is -0.127. The van der Waals surface area contributed by atoms with Crippen molar-refractivity contribution in [2.45, 2.75) is 6.92 Å². The first-order valence-electron chi connectivity index (χ1n) is 4.02. The summed E-state index contributed by atoms with van der Waals surface area (Å²) in [6.07, 6.45) is 0. The molecule has 0 aliphatic carbocycles. The van der Waals surface area contributed by atoms with Crippen LogP contribution >= 0.6 is 7.82 Å². The van der Waals surface area contributed by atoms with Crippen molar-refractivity contribution in [3.8, 4) is 5.75 Å². The van der Waals surface area contributed by atoms with Gasteiger partial charge in [-0.05, 0) is 19.1 Å². The Balaban J connectivity index is 2.45. The molecule has 1 aromatic rings. The van der Waals surface area contributed by atoms with Gasteiger partial charge in [-0.3, -0.25) is 4.52 Å². The number of rotatable bonds is 5. The van der Waals surface area contributed by atoms with Gasteiger partial charge in [0.2, 0.25) is 0 Å². The lowest BCUT2D eigenvalue weighted by Crippen LogP contribution is -1.98. The normalized spacial score (nSPS) is 14.7. The van der Waals surface area contributed by atoms with Crippen LogP contribution in [0.5, 0.6) is 5.75 Å². The largest absolute Gasteiger partial charge is 0.508 e. The van der Waals surface area contributed by atoms with Crippen LogP contribution in [-0.4, -0.2) is 11.5 Å². The van der Waals surface area contributed by atoms with Gasteiger partial charge in [-0.1, -0.05) is 22.9 Å². The van der Waals surface area contributed by atoms with E-state index in [4.69, 9.17) is 4.89 Å². The molecule has 5 nitrogen and oxygen atoms in total. The lowest BCUT2D eigenvalue weighted by atomic mass is 10.3. The van der Waals surface area contributed by atoms with E-state index in [0.29, 0.717) is 5.75 Å². The third-order valence-electron chi connectivity index (χ3n) is 1.26. The second-order valence-electron chi connectivity index (χ2n) is 2.36. The van der Waals surface area contributed by atoms with E-state index in [1.807, 2.05) is 0 Å². The van der Waals surface area contributed by atoms with Gasteiger partial charge in [-0.15, -0.1) is 0 Å². The number of hydrogen-bond acceptors (Lipinski definition) is 4. The maximum absolute atomic E-state index is 11.0. The van der Waals surface area contributed by atoms with Crippen molar-refractivity contribution in [1.82, 2.24) is 0 Å². The zero-order chi connectivity index (χ0) is 10.4. The fourth-order valence-electron chi connectivity index (χ4n) is 0.751. The summed E-state index contributed by atoms with van der Waals surface area (Å²) in [4.78, 5) is 13.5. The van der Waals surface area contributed by atoms with Gasteiger partial charge in [0.05, 0.1) is 6.61 Å². The minimum atomic E-state index is -4.08. The molecule has 0 amide bonds. The van der Waals surface area contributed by atoms with Crippen LogP contribution in [0.2, 0.25) is 0 Å². The molecule has 0 aliphatic rings. The Bertz CT molecular complexity index is 313. The van der Waals surface area contributed by atoms with Crippen LogP contribution in [0.1, 0.15) is 6.92 Å². The van der Waals surface area contributed by atoms with Gasteiger partial charge in [0.25, 0.3) is 0 Å². The van der Waals surface area contributed by atoms with E-state index in [-0.39, 0.29) is 6.61 Å². The Kier molecular flexibility index (Phi) is 4.10. The number of hydrogen-bond donors (Lipinski definition) is 1. The molecule has 1 rings (SSSR count). The fourth-order valence-corrected chi connectivity index (χ4v) is 1.30. The molecule has 1 aromatic carbocycles. The first-order chi connectivity index (χ1) is 6.64. The smallest absolute Gasteiger partial charge is 0.327 e. The van der Waals surface area contributed by atoms with E-state index >= 15 is 0 Å². The Morgan fingerprint density at radius 3 is 2.57 bits per heavy atom. The lowest BCUT2D eigenvalue weighted by Gasteiger charge is -2.09. The van der Waals surface area contributed by atoms with Gasteiger partial charge in [-0.25, -0.2) is 4.57 Å². The molecule has 0 radical (unpaired) electrons. The van der Waals surface area contributed by atoms with Crippen LogP contribution in [0.25, 0.3) is 0 Å². The Labute approximate surface area is 81.8 Å². The highest BCUT2D eigenvalue weighted by Crippen LogP contribution is 2.43. The van der Waals surface area contributed by atoms with Gasteiger partial charge in [0.1, 0.15) is 0 Å². The third kappa shape index (κ3) is 3.89. The maximum atomic E-state index is 11.0. The van der Waals surface area contributed by atoms with Gasteiger partial charge in [0.15, 0.2) is 5.75 Å². The third-order valence-corrected chi connectivity index (χ3v) is 2.11. The van der Waals surface area contributed by atoms with Crippen molar-refractivity contribution in [2.75, 3.05) is 6.61 Å². The molecule has 0 spiro atoms. The summed E-state index contributed by atoms with van der Waals surface area (Å²) in [5.41, 5.74) is 0. The summed E-state index contributed by atoms with van der Waals surface area (Å²) in [6.45, 7) is 1.65. The Morgan fingerprint density at radius 1 is 1.36 bits per heavy atom. The minimum absolute atomic E-state index is 0.0753. The topological polar surface area (TPSA) is 65.0 Å². The summed E-state index contributed by atoms with van der Waals surface area (Å²) < 4.78 is 19.6. The molecule has 0 aromatic heterocycles. The van der Waals surface area contributed by atoms with Crippen molar-refractivity contribution in [1.29, 1.82) is 0 Å². The predicted octanol–water partition coefficient (Wildman–Crippen LogP) is 2.13. The average molecular weight is 218 g/mol. The van der Waals surface area contributed by atoms with Crippen molar-refractivity contribution in [2.24, 2.45) is 0 Å². The molecule has 1 N–H and O–H groups in total. The van der Waals surface area contributed by atoms with Crippen molar-refractivity contribution in [3.63, 3.8) is 0 Å². The SMILES string of the molecule is CCOP(=O)(O)OOc1ccccc1. The van der Waals surface area contributed by atoms with E-state index in [9.17, 15) is 4.57 Å². The van der Waals surface area contributed by atoms with Crippen LogP contribution in [0.4, 0.5) is 0 Å². The molecule has 0 aliphatic heterocycles. The van der Waals surface area contributed by atoms with Crippen LogP contribution in [0, 0.1) is 0 Å². The maximum Gasteiger partial charge on any atom is 0.508 e. The highest BCUT2D eigenvalue weighted by Gasteiger charge is 2.22. The number of para-hydroxylation sites is 1. The first kappa shape index (κ1) is 11.2. The first-order valence-corrected chi connectivity index (χ1v) is 5.52. The van der Waals surface area contributed by atoms with E-state index in [1.54, 1.807) is 37.3 Å². The molecular formula is C8H11O5P. The summed E-state index contributed by atoms with van der Waals surface area (Å²) in [7, 11) is -4.08. The second-order valence-corrected chi connectivity index (χ2v) is 3.70. The zero-order valence-corrected chi connectivity index (χ0v) is 8.52. The standard InChI is InChI=1S/C8H11O5P/c1-2-11-14(9,10)13-12-8-6-4-3-5-7-8/h3-7H,2H2,1H3,(H,9,10). The van der Waals surface area contributed by atoms with Gasteiger partial charge in [-0.2, -0.15) is 0 Å². The molecule has 0 saturated carbocycles. The van der Waals surface area contributed by atoms with Crippen molar-refractivity contribution >= 4 is 7.82 Å². The predicted molar refractivity (Wildman–Crippen MR) is 49.6 cm³/mol. The molecule has 1 atom stereocenters. The summed E-state index contributed by atoms with van der Waals surface area (Å²) in [5, 5.41) is 0. The average Bonchev–Trinajstić information content (AvgIpc) is 2.17. The van der Waals surface area contributed by atoms with Crippen LogP contribution in [-0.2, 0) is 13.8 Å². The number of phosphoric ester groups is 1. The Hall–Kier alpha value is -0.870. The van der Waals surface area contributed by atoms with Crippen LogP contribution < -0.4 is 4.89 Å². The minimum Gasteiger partial charge on any atom is -0.327 e. The van der Waals surface area contributed by atoms with Crippen molar-refractivity contribution < 1.29 is 23.5 Å². The molecule has 78 valence electrons. The van der Waals surface area contributed by atoms with Gasteiger partial charge < -0.3 is 9.78 Å². The molecular weight excluding hydrogens is 207 g/mol. The molecule has 14 heavy (non-hydrogen) atoms. The molecule has 6 heteroatoms. The highest BCUT2D eigenvalue weighted by atomic mass is 31.2. The van der Waals surface area contributed by atoms with Gasteiger partial charge >= 0.3 is 7.82 Å². The quantitative estimate of drug-likeness (QED) is 0.466. The van der Waals surface area contributed by atoms with E-state index in [2.05, 4.69) is 14.1 Å².